The van der Waals surface area contributed by atoms with Crippen LogP contribution in [0.5, 0.6) is 0 Å². The maximum absolute atomic E-state index is 5.99. The molecule has 0 spiro atoms. The van der Waals surface area contributed by atoms with Crippen LogP contribution in [-0.2, 0) is 4.74 Å². The van der Waals surface area contributed by atoms with Gasteiger partial charge in [-0.05, 0) is 43.6 Å². The number of hydrogen-bond donors (Lipinski definition) is 1. The Morgan fingerprint density at radius 3 is 2.00 bits per heavy atom. The van der Waals surface area contributed by atoms with Crippen molar-refractivity contribution in [3.05, 3.63) is 0 Å². The molecule has 0 saturated heterocycles. The molecule has 2 nitrogen and oxygen atoms in total. The van der Waals surface area contributed by atoms with E-state index in [9.17, 15) is 0 Å². The summed E-state index contributed by atoms with van der Waals surface area (Å²) in [7, 11) is 1.89. The van der Waals surface area contributed by atoms with Gasteiger partial charge in [0, 0.05) is 13.2 Å². The number of nitrogens with one attached hydrogen (secondary N) is 1. The van der Waals surface area contributed by atoms with Gasteiger partial charge in [0.25, 0.3) is 0 Å². The third kappa shape index (κ3) is 3.45. The van der Waals surface area contributed by atoms with Crippen molar-refractivity contribution in [2.24, 2.45) is 11.3 Å². The lowest BCUT2D eigenvalue weighted by atomic mass is 9.66. The summed E-state index contributed by atoms with van der Waals surface area (Å²) < 4.78 is 5.99. The number of likely N-dealkylation sites (N-methyl/N-ethyl adjacent to an activating group) is 1. The minimum atomic E-state index is 0.0553. The van der Waals surface area contributed by atoms with Crippen molar-refractivity contribution in [3.8, 4) is 0 Å². The summed E-state index contributed by atoms with van der Waals surface area (Å²) in [6.07, 6.45) is 4.92. The van der Waals surface area contributed by atoms with Gasteiger partial charge >= 0.3 is 0 Å². The van der Waals surface area contributed by atoms with Crippen molar-refractivity contribution in [2.75, 3.05) is 13.7 Å². The molecule has 0 radical (unpaired) electrons. The second kappa shape index (κ2) is 5.71. The molecule has 1 saturated carbocycles. The monoisotopic (exact) mass is 241 g/mol. The minimum Gasteiger partial charge on any atom is -0.377 e. The molecule has 1 aliphatic rings. The number of rotatable bonds is 5. The first-order valence-electron chi connectivity index (χ1n) is 7.15. The van der Waals surface area contributed by atoms with Crippen molar-refractivity contribution in [2.45, 2.75) is 71.9 Å². The van der Waals surface area contributed by atoms with Gasteiger partial charge in [0.05, 0.1) is 5.60 Å². The molecular weight excluding hydrogens is 210 g/mol. The highest BCUT2D eigenvalue weighted by Gasteiger charge is 2.44. The summed E-state index contributed by atoms with van der Waals surface area (Å²) in [6, 6.07) is 0.480. The van der Waals surface area contributed by atoms with E-state index in [-0.39, 0.29) is 5.60 Å². The molecule has 0 aliphatic heterocycles. The minimum absolute atomic E-state index is 0.0553. The van der Waals surface area contributed by atoms with Crippen molar-refractivity contribution in [1.82, 2.24) is 5.32 Å². The highest BCUT2D eigenvalue weighted by molar-refractivity contribution is 4.99. The fourth-order valence-electron chi connectivity index (χ4n) is 3.24. The van der Waals surface area contributed by atoms with Crippen molar-refractivity contribution in [1.29, 1.82) is 0 Å². The van der Waals surface area contributed by atoms with Gasteiger partial charge < -0.3 is 10.1 Å². The lowest BCUT2D eigenvalue weighted by Crippen LogP contribution is -2.57. The molecule has 102 valence electrons. The standard InChI is InChI=1S/C15H31NO/c1-7-16-13(12(2)3)15(17-6)10-8-14(4,5)9-11-15/h12-13,16H,7-11H2,1-6H3. The Morgan fingerprint density at radius 1 is 1.12 bits per heavy atom. The van der Waals surface area contributed by atoms with E-state index < -0.39 is 0 Å². The van der Waals surface area contributed by atoms with E-state index in [1.165, 1.54) is 25.7 Å². The topological polar surface area (TPSA) is 21.3 Å². The zero-order valence-electron chi connectivity index (χ0n) is 12.6. The second-order valence-electron chi connectivity index (χ2n) is 6.71. The van der Waals surface area contributed by atoms with Crippen LogP contribution in [0.2, 0.25) is 0 Å². The van der Waals surface area contributed by atoms with Gasteiger partial charge in [0.15, 0.2) is 0 Å². The van der Waals surface area contributed by atoms with Crippen LogP contribution >= 0.6 is 0 Å². The summed E-state index contributed by atoms with van der Waals surface area (Å²) in [5.74, 6) is 0.621. The van der Waals surface area contributed by atoms with Gasteiger partial charge in [0.1, 0.15) is 0 Å². The third-order valence-electron chi connectivity index (χ3n) is 4.51. The molecule has 1 N–H and O–H groups in total. The fourth-order valence-corrected chi connectivity index (χ4v) is 3.24. The lowest BCUT2D eigenvalue weighted by Gasteiger charge is -2.48. The zero-order valence-corrected chi connectivity index (χ0v) is 12.6. The van der Waals surface area contributed by atoms with E-state index in [0.717, 1.165) is 6.54 Å². The van der Waals surface area contributed by atoms with Gasteiger partial charge in [-0.1, -0.05) is 34.6 Å². The van der Waals surface area contributed by atoms with Gasteiger partial charge in [-0.2, -0.15) is 0 Å². The van der Waals surface area contributed by atoms with Gasteiger partial charge in [-0.25, -0.2) is 0 Å². The molecule has 17 heavy (non-hydrogen) atoms. The van der Waals surface area contributed by atoms with Crippen LogP contribution in [0.4, 0.5) is 0 Å². The normalized spacial score (nSPS) is 24.9. The molecule has 1 unspecified atom stereocenters. The van der Waals surface area contributed by atoms with Crippen LogP contribution in [0.25, 0.3) is 0 Å². The van der Waals surface area contributed by atoms with E-state index in [1.54, 1.807) is 0 Å². The molecule has 0 bridgehead atoms. The molecule has 0 aromatic heterocycles. The Kier molecular flexibility index (Phi) is 5.03. The SMILES string of the molecule is CCNC(C(C)C)C1(OC)CCC(C)(C)CC1. The Labute approximate surface area is 108 Å². The molecule has 0 amide bonds. The summed E-state index contributed by atoms with van der Waals surface area (Å²) in [5, 5.41) is 3.65. The Balaban J connectivity index is 2.80. The van der Waals surface area contributed by atoms with Gasteiger partial charge in [0.2, 0.25) is 0 Å². The van der Waals surface area contributed by atoms with E-state index in [0.29, 0.717) is 17.4 Å². The van der Waals surface area contributed by atoms with Crippen LogP contribution in [0.1, 0.15) is 60.3 Å². The van der Waals surface area contributed by atoms with E-state index >= 15 is 0 Å². The maximum atomic E-state index is 5.99. The highest BCUT2D eigenvalue weighted by Crippen LogP contribution is 2.44. The molecule has 1 fully saturated rings. The van der Waals surface area contributed by atoms with Crippen LogP contribution in [-0.4, -0.2) is 25.3 Å². The maximum Gasteiger partial charge on any atom is 0.0833 e. The number of ether oxygens (including phenoxy) is 1. The first-order chi connectivity index (χ1) is 7.87. The Hall–Kier alpha value is -0.0800. The predicted octanol–water partition coefficient (Wildman–Crippen LogP) is 3.61. The van der Waals surface area contributed by atoms with Crippen LogP contribution in [0.15, 0.2) is 0 Å². The van der Waals surface area contributed by atoms with Crippen molar-refractivity contribution in [3.63, 3.8) is 0 Å². The van der Waals surface area contributed by atoms with E-state index in [2.05, 4.69) is 39.9 Å². The lowest BCUT2D eigenvalue weighted by molar-refractivity contribution is -0.0954. The van der Waals surface area contributed by atoms with Crippen molar-refractivity contribution < 1.29 is 4.74 Å². The quantitative estimate of drug-likeness (QED) is 0.794. The van der Waals surface area contributed by atoms with Crippen LogP contribution in [0.3, 0.4) is 0 Å². The molecule has 2 heteroatoms. The number of hydrogen-bond acceptors (Lipinski definition) is 2. The zero-order chi connectivity index (χ0) is 13.1. The molecule has 1 rings (SSSR count). The summed E-state index contributed by atoms with van der Waals surface area (Å²) in [6.45, 7) is 12.6. The molecule has 1 aliphatic carbocycles. The molecule has 0 aromatic carbocycles. The van der Waals surface area contributed by atoms with E-state index in [1.807, 2.05) is 7.11 Å². The average Bonchev–Trinajstić information content (AvgIpc) is 2.27. The molecule has 1 atom stereocenters. The van der Waals surface area contributed by atoms with Crippen molar-refractivity contribution >= 4 is 0 Å². The Bertz CT molecular complexity index is 225. The molecular formula is C15H31NO. The highest BCUT2D eigenvalue weighted by atomic mass is 16.5. The summed E-state index contributed by atoms with van der Waals surface area (Å²) in [5.41, 5.74) is 0.551. The first kappa shape index (κ1) is 15.0. The first-order valence-corrected chi connectivity index (χ1v) is 7.15. The van der Waals surface area contributed by atoms with E-state index in [4.69, 9.17) is 4.74 Å². The smallest absolute Gasteiger partial charge is 0.0833 e. The largest absolute Gasteiger partial charge is 0.377 e. The molecule has 0 heterocycles. The predicted molar refractivity (Wildman–Crippen MR) is 74.3 cm³/mol. The third-order valence-corrected chi connectivity index (χ3v) is 4.51. The summed E-state index contributed by atoms with van der Waals surface area (Å²) >= 11 is 0. The number of methoxy groups -OCH3 is 1. The second-order valence-corrected chi connectivity index (χ2v) is 6.71. The molecule has 0 aromatic rings. The van der Waals surface area contributed by atoms with Crippen LogP contribution < -0.4 is 5.32 Å². The summed E-state index contributed by atoms with van der Waals surface area (Å²) in [4.78, 5) is 0. The van der Waals surface area contributed by atoms with Gasteiger partial charge in [-0.15, -0.1) is 0 Å². The van der Waals surface area contributed by atoms with Crippen LogP contribution in [0, 0.1) is 11.3 Å². The Morgan fingerprint density at radius 2 is 1.65 bits per heavy atom. The fraction of sp³-hybridized carbons (Fsp3) is 1.00. The average molecular weight is 241 g/mol. The van der Waals surface area contributed by atoms with Gasteiger partial charge in [-0.3, -0.25) is 0 Å².